The quantitative estimate of drug-likeness (QED) is 0.862. The number of nitriles is 1. The van der Waals surface area contributed by atoms with Crippen LogP contribution in [-0.2, 0) is 16.4 Å². The second-order valence-corrected chi connectivity index (χ2v) is 7.76. The Bertz CT molecular complexity index is 973. The van der Waals surface area contributed by atoms with E-state index >= 15 is 0 Å². The lowest BCUT2D eigenvalue weighted by atomic mass is 9.99. The van der Waals surface area contributed by atoms with Crippen molar-refractivity contribution < 1.29 is 8.42 Å². The third-order valence-electron chi connectivity index (χ3n) is 3.79. The zero-order chi connectivity index (χ0) is 16.6. The highest BCUT2D eigenvalue weighted by Crippen LogP contribution is 2.36. The molecule has 0 unspecified atom stereocenters. The van der Waals surface area contributed by atoms with Gasteiger partial charge in [0.25, 0.3) is 10.0 Å². The lowest BCUT2D eigenvalue weighted by Gasteiger charge is -2.14. The molecule has 0 spiro atoms. The molecule has 23 heavy (non-hydrogen) atoms. The number of anilines is 1. The summed E-state index contributed by atoms with van der Waals surface area (Å²) in [6.07, 6.45) is 2.38. The number of nitrogens with one attached hydrogen (secondary N) is 1. The summed E-state index contributed by atoms with van der Waals surface area (Å²) in [7, 11) is -3.71. The number of benzene rings is 2. The Morgan fingerprint density at radius 3 is 2.65 bits per heavy atom. The highest BCUT2D eigenvalue weighted by Gasteiger charge is 2.23. The Morgan fingerprint density at radius 1 is 1.22 bits per heavy atom. The van der Waals surface area contributed by atoms with Crippen LogP contribution in [0.15, 0.2) is 51.8 Å². The van der Waals surface area contributed by atoms with E-state index in [4.69, 9.17) is 0 Å². The molecular formula is C17H13BrN2O2S. The highest BCUT2D eigenvalue weighted by molar-refractivity contribution is 9.10. The molecule has 6 heteroatoms. The summed E-state index contributed by atoms with van der Waals surface area (Å²) in [5.41, 5.74) is 3.76. The molecule has 116 valence electrons. The van der Waals surface area contributed by atoms with Crippen LogP contribution >= 0.6 is 15.9 Å². The molecule has 0 heterocycles. The summed E-state index contributed by atoms with van der Waals surface area (Å²) in [5.74, 6) is 0. The molecule has 0 aromatic heterocycles. The van der Waals surface area contributed by atoms with Crippen molar-refractivity contribution in [3.63, 3.8) is 0 Å². The Balaban J connectivity index is 2.05. The molecule has 0 bridgehead atoms. The molecule has 2 aromatic carbocycles. The molecule has 0 saturated carbocycles. The SMILES string of the molecule is Cc1ccc(NS(=O)(=O)c2ccccc2Br)c2c1C(C#N)=CC2. The maximum atomic E-state index is 12.6. The first-order valence-electron chi connectivity index (χ1n) is 6.94. The molecule has 1 aliphatic carbocycles. The van der Waals surface area contributed by atoms with Crippen LogP contribution in [0, 0.1) is 18.3 Å². The second kappa shape index (κ2) is 5.84. The first-order chi connectivity index (χ1) is 10.9. The van der Waals surface area contributed by atoms with E-state index in [2.05, 4.69) is 26.7 Å². The van der Waals surface area contributed by atoms with Gasteiger partial charge in [-0.05, 0) is 58.6 Å². The van der Waals surface area contributed by atoms with Gasteiger partial charge in [0, 0.05) is 10.0 Å². The summed E-state index contributed by atoms with van der Waals surface area (Å²) in [4.78, 5) is 0.181. The molecule has 1 aliphatic rings. The van der Waals surface area contributed by atoms with Crippen LogP contribution in [0.2, 0.25) is 0 Å². The van der Waals surface area contributed by atoms with E-state index in [1.807, 2.05) is 19.1 Å². The van der Waals surface area contributed by atoms with E-state index in [0.717, 1.165) is 16.7 Å². The van der Waals surface area contributed by atoms with Gasteiger partial charge in [0.15, 0.2) is 0 Å². The van der Waals surface area contributed by atoms with Gasteiger partial charge in [-0.1, -0.05) is 24.3 Å². The van der Waals surface area contributed by atoms with Gasteiger partial charge in [-0.2, -0.15) is 5.26 Å². The van der Waals surface area contributed by atoms with Crippen molar-refractivity contribution in [2.75, 3.05) is 4.72 Å². The molecule has 0 atom stereocenters. The summed E-state index contributed by atoms with van der Waals surface area (Å²) in [5, 5.41) is 9.21. The molecule has 2 aromatic rings. The zero-order valence-corrected chi connectivity index (χ0v) is 14.7. The number of nitrogens with zero attached hydrogens (tertiary/aromatic N) is 1. The summed E-state index contributed by atoms with van der Waals surface area (Å²) < 4.78 is 28.4. The third-order valence-corrected chi connectivity index (χ3v) is 6.17. The van der Waals surface area contributed by atoms with Gasteiger partial charge in [-0.15, -0.1) is 0 Å². The van der Waals surface area contributed by atoms with Crippen LogP contribution in [0.1, 0.15) is 16.7 Å². The molecule has 4 nitrogen and oxygen atoms in total. The van der Waals surface area contributed by atoms with E-state index < -0.39 is 10.0 Å². The van der Waals surface area contributed by atoms with Crippen molar-refractivity contribution in [3.8, 4) is 6.07 Å². The fourth-order valence-corrected chi connectivity index (χ4v) is 4.81. The van der Waals surface area contributed by atoms with Crippen molar-refractivity contribution >= 4 is 37.2 Å². The Labute approximate surface area is 143 Å². The standard InChI is InChI=1S/C17H13BrN2O2S/c1-11-6-9-15(13-8-7-12(10-19)17(11)13)20-23(21,22)16-5-3-2-4-14(16)18/h2-7,9,20H,8H2,1H3. The van der Waals surface area contributed by atoms with Gasteiger partial charge in [0.05, 0.1) is 17.3 Å². The van der Waals surface area contributed by atoms with Crippen LogP contribution in [0.4, 0.5) is 5.69 Å². The number of hydrogen-bond acceptors (Lipinski definition) is 3. The summed E-state index contributed by atoms with van der Waals surface area (Å²) >= 11 is 3.27. The van der Waals surface area contributed by atoms with Gasteiger partial charge in [0.2, 0.25) is 0 Å². The van der Waals surface area contributed by atoms with Crippen molar-refractivity contribution in [3.05, 3.63) is 63.6 Å². The van der Waals surface area contributed by atoms with Gasteiger partial charge in [-0.3, -0.25) is 4.72 Å². The van der Waals surface area contributed by atoms with Crippen molar-refractivity contribution in [2.45, 2.75) is 18.2 Å². The minimum Gasteiger partial charge on any atom is -0.279 e. The lowest BCUT2D eigenvalue weighted by Crippen LogP contribution is -2.15. The maximum Gasteiger partial charge on any atom is 0.263 e. The minimum atomic E-state index is -3.71. The Hall–Kier alpha value is -2.10. The average molecular weight is 389 g/mol. The number of rotatable bonds is 3. The van der Waals surface area contributed by atoms with E-state index in [-0.39, 0.29) is 4.90 Å². The van der Waals surface area contributed by atoms with Crippen LogP contribution in [0.5, 0.6) is 0 Å². The minimum absolute atomic E-state index is 0.181. The third kappa shape index (κ3) is 2.78. The smallest absolute Gasteiger partial charge is 0.263 e. The molecule has 0 amide bonds. The molecule has 1 N–H and O–H groups in total. The topological polar surface area (TPSA) is 70.0 Å². The summed E-state index contributed by atoms with van der Waals surface area (Å²) in [6.45, 7) is 1.92. The first kappa shape index (κ1) is 15.8. The normalized spacial score (nSPS) is 13.2. The number of aryl methyl sites for hydroxylation is 1. The van der Waals surface area contributed by atoms with E-state index in [1.54, 1.807) is 30.3 Å². The average Bonchev–Trinajstić information content (AvgIpc) is 2.95. The largest absolute Gasteiger partial charge is 0.279 e. The first-order valence-corrected chi connectivity index (χ1v) is 9.22. The number of halogens is 1. The highest BCUT2D eigenvalue weighted by atomic mass is 79.9. The number of hydrogen-bond donors (Lipinski definition) is 1. The Morgan fingerprint density at radius 2 is 1.96 bits per heavy atom. The van der Waals surface area contributed by atoms with Crippen molar-refractivity contribution in [2.24, 2.45) is 0 Å². The molecule has 3 rings (SSSR count). The fourth-order valence-electron chi connectivity index (χ4n) is 2.72. The molecule has 0 aliphatic heterocycles. The van der Waals surface area contributed by atoms with E-state index in [0.29, 0.717) is 22.2 Å². The molecule has 0 radical (unpaired) electrons. The van der Waals surface area contributed by atoms with Crippen LogP contribution in [0.3, 0.4) is 0 Å². The van der Waals surface area contributed by atoms with Crippen molar-refractivity contribution in [1.29, 1.82) is 5.26 Å². The predicted octanol–water partition coefficient (Wildman–Crippen LogP) is 4.02. The van der Waals surface area contributed by atoms with Gasteiger partial charge in [-0.25, -0.2) is 8.42 Å². The van der Waals surface area contributed by atoms with Crippen molar-refractivity contribution in [1.82, 2.24) is 0 Å². The number of fused-ring (bicyclic) bond motifs is 1. The molecular weight excluding hydrogens is 376 g/mol. The Kier molecular flexibility index (Phi) is 4.00. The predicted molar refractivity (Wildman–Crippen MR) is 93.4 cm³/mol. The lowest BCUT2D eigenvalue weighted by molar-refractivity contribution is 0.600. The maximum absolute atomic E-state index is 12.6. The molecule has 0 fully saturated rings. The van der Waals surface area contributed by atoms with Gasteiger partial charge >= 0.3 is 0 Å². The molecule has 0 saturated heterocycles. The number of sulfonamides is 1. The second-order valence-electron chi connectivity index (χ2n) is 5.25. The van der Waals surface area contributed by atoms with E-state index in [1.165, 1.54) is 0 Å². The van der Waals surface area contributed by atoms with Gasteiger partial charge in [0.1, 0.15) is 4.90 Å². The van der Waals surface area contributed by atoms with Gasteiger partial charge < -0.3 is 0 Å². The van der Waals surface area contributed by atoms with E-state index in [9.17, 15) is 13.7 Å². The number of allylic oxidation sites excluding steroid dienone is 2. The monoisotopic (exact) mass is 388 g/mol. The van der Waals surface area contributed by atoms with Crippen LogP contribution < -0.4 is 4.72 Å². The van der Waals surface area contributed by atoms with Crippen LogP contribution in [-0.4, -0.2) is 8.42 Å². The van der Waals surface area contributed by atoms with Crippen LogP contribution in [0.25, 0.3) is 5.57 Å². The fraction of sp³-hybridized carbons (Fsp3) is 0.118. The summed E-state index contributed by atoms with van der Waals surface area (Å²) in [6, 6.07) is 12.4. The zero-order valence-electron chi connectivity index (χ0n) is 12.3.